The molecule has 0 saturated heterocycles. The second-order valence-electron chi connectivity index (χ2n) is 4.08. The Morgan fingerprint density at radius 1 is 1.19 bits per heavy atom. The van der Waals surface area contributed by atoms with Gasteiger partial charge in [0.25, 0.3) is 0 Å². The summed E-state index contributed by atoms with van der Waals surface area (Å²) in [6.07, 6.45) is 2.96. The molecule has 1 fully saturated rings. The van der Waals surface area contributed by atoms with Gasteiger partial charge in [-0.15, -0.1) is 12.4 Å². The number of rotatable bonds is 3. The summed E-state index contributed by atoms with van der Waals surface area (Å²) in [6.45, 7) is 0. The molecule has 1 aliphatic carbocycles. The first-order valence-corrected chi connectivity index (χ1v) is 4.98. The highest BCUT2D eigenvalue weighted by Gasteiger charge is 2.25. The summed E-state index contributed by atoms with van der Waals surface area (Å²) >= 11 is 0. The van der Waals surface area contributed by atoms with Crippen LogP contribution in [0, 0.1) is 23.4 Å². The summed E-state index contributed by atoms with van der Waals surface area (Å²) in [4.78, 5) is 0. The fourth-order valence-electron chi connectivity index (χ4n) is 1.64. The van der Waals surface area contributed by atoms with Crippen LogP contribution < -0.4 is 5.73 Å². The largest absolute Gasteiger partial charge is 0.324 e. The predicted molar refractivity (Wildman–Crippen MR) is 57.8 cm³/mol. The van der Waals surface area contributed by atoms with Gasteiger partial charge in [0.15, 0.2) is 17.5 Å². The Labute approximate surface area is 98.2 Å². The summed E-state index contributed by atoms with van der Waals surface area (Å²) < 4.78 is 38.4. The Morgan fingerprint density at radius 3 is 2.12 bits per heavy atom. The van der Waals surface area contributed by atoms with Gasteiger partial charge in [0.05, 0.1) is 0 Å². The third kappa shape index (κ3) is 2.89. The van der Waals surface area contributed by atoms with Crippen LogP contribution in [-0.4, -0.2) is 0 Å². The first kappa shape index (κ1) is 13.3. The van der Waals surface area contributed by atoms with Gasteiger partial charge in [-0.1, -0.05) is 12.8 Å². The summed E-state index contributed by atoms with van der Waals surface area (Å²) in [5, 5.41) is 0. The van der Waals surface area contributed by atoms with E-state index in [0.29, 0.717) is 17.9 Å². The van der Waals surface area contributed by atoms with Gasteiger partial charge in [-0.3, -0.25) is 0 Å². The van der Waals surface area contributed by atoms with Crippen molar-refractivity contribution in [1.29, 1.82) is 0 Å². The van der Waals surface area contributed by atoms with Crippen LogP contribution in [0.2, 0.25) is 0 Å². The lowest BCUT2D eigenvalue weighted by Crippen LogP contribution is -2.12. The molecule has 1 aliphatic rings. The van der Waals surface area contributed by atoms with Crippen molar-refractivity contribution in [2.45, 2.75) is 25.3 Å². The van der Waals surface area contributed by atoms with Crippen LogP contribution in [0.15, 0.2) is 12.1 Å². The molecule has 1 nitrogen and oxygen atoms in total. The monoisotopic (exact) mass is 251 g/mol. The van der Waals surface area contributed by atoms with Crippen LogP contribution in [-0.2, 0) is 0 Å². The zero-order chi connectivity index (χ0) is 11.0. The molecule has 1 aromatic rings. The Bertz CT molecular complexity index is 356. The molecule has 2 N–H and O–H groups in total. The lowest BCUT2D eigenvalue weighted by molar-refractivity contribution is 0.442. The summed E-state index contributed by atoms with van der Waals surface area (Å²) in [5.74, 6) is -3.21. The fraction of sp³-hybridized carbons (Fsp3) is 0.455. The quantitative estimate of drug-likeness (QED) is 0.820. The molecule has 90 valence electrons. The van der Waals surface area contributed by atoms with Crippen LogP contribution in [0.5, 0.6) is 0 Å². The minimum atomic E-state index is -1.43. The van der Waals surface area contributed by atoms with Gasteiger partial charge >= 0.3 is 0 Å². The van der Waals surface area contributed by atoms with E-state index in [2.05, 4.69) is 0 Å². The molecule has 1 atom stereocenters. The van der Waals surface area contributed by atoms with Gasteiger partial charge in [-0.05, 0) is 30.0 Å². The van der Waals surface area contributed by atoms with Gasteiger partial charge in [0, 0.05) is 6.04 Å². The Balaban J connectivity index is 0.00000128. The molecular weight excluding hydrogens is 239 g/mol. The van der Waals surface area contributed by atoms with E-state index in [4.69, 9.17) is 5.73 Å². The topological polar surface area (TPSA) is 26.0 Å². The molecule has 5 heteroatoms. The van der Waals surface area contributed by atoms with E-state index in [1.54, 1.807) is 0 Å². The predicted octanol–water partition coefficient (Wildman–Crippen LogP) is 3.33. The lowest BCUT2D eigenvalue weighted by Gasteiger charge is -2.11. The summed E-state index contributed by atoms with van der Waals surface area (Å²) in [5.41, 5.74) is 6.10. The van der Waals surface area contributed by atoms with Crippen LogP contribution in [0.1, 0.15) is 30.9 Å². The molecule has 1 saturated carbocycles. The van der Waals surface area contributed by atoms with E-state index < -0.39 is 23.5 Å². The molecule has 0 radical (unpaired) electrons. The van der Waals surface area contributed by atoms with E-state index in [0.717, 1.165) is 25.0 Å². The highest BCUT2D eigenvalue weighted by atomic mass is 35.5. The first-order chi connectivity index (χ1) is 7.08. The SMILES string of the molecule is Cl.N[C@H](CC1CC1)c1cc(F)c(F)c(F)c1. The number of halogens is 4. The summed E-state index contributed by atoms with van der Waals surface area (Å²) in [7, 11) is 0. The van der Waals surface area contributed by atoms with E-state index >= 15 is 0 Å². The van der Waals surface area contributed by atoms with Crippen molar-refractivity contribution in [1.82, 2.24) is 0 Å². The third-order valence-electron chi connectivity index (χ3n) is 2.72. The molecular formula is C11H13ClF3N. The zero-order valence-corrected chi connectivity index (χ0v) is 9.37. The second kappa shape index (κ2) is 5.06. The van der Waals surface area contributed by atoms with Gasteiger partial charge in [0.1, 0.15) is 0 Å². The average molecular weight is 252 g/mol. The highest BCUT2D eigenvalue weighted by Crippen LogP contribution is 2.37. The first-order valence-electron chi connectivity index (χ1n) is 4.98. The third-order valence-corrected chi connectivity index (χ3v) is 2.72. The van der Waals surface area contributed by atoms with Crippen molar-refractivity contribution in [3.8, 4) is 0 Å². The van der Waals surface area contributed by atoms with Crippen molar-refractivity contribution in [3.63, 3.8) is 0 Å². The van der Waals surface area contributed by atoms with Crippen molar-refractivity contribution in [3.05, 3.63) is 35.1 Å². The maximum absolute atomic E-state index is 12.9. The molecule has 0 aromatic heterocycles. The molecule has 0 aliphatic heterocycles. The Kier molecular flexibility index (Phi) is 4.21. The standard InChI is InChI=1S/C11H12F3N.ClH/c12-8-4-7(5-9(13)11(8)14)10(15)3-6-1-2-6;/h4-6,10H,1-3,15H2;1H/t10-;/m1./s1. The van der Waals surface area contributed by atoms with Gasteiger partial charge in [0.2, 0.25) is 0 Å². The Morgan fingerprint density at radius 2 is 1.69 bits per heavy atom. The van der Waals surface area contributed by atoms with Crippen LogP contribution >= 0.6 is 12.4 Å². The van der Waals surface area contributed by atoms with Crippen LogP contribution in [0.25, 0.3) is 0 Å². The smallest absolute Gasteiger partial charge is 0.194 e. The zero-order valence-electron chi connectivity index (χ0n) is 8.55. The normalized spacial score (nSPS) is 16.8. The molecule has 16 heavy (non-hydrogen) atoms. The van der Waals surface area contributed by atoms with Crippen LogP contribution in [0.3, 0.4) is 0 Å². The number of nitrogens with two attached hydrogens (primary N) is 1. The molecule has 0 spiro atoms. The Hall–Kier alpha value is -0.740. The maximum atomic E-state index is 12.9. The van der Waals surface area contributed by atoms with E-state index in [9.17, 15) is 13.2 Å². The number of hydrogen-bond donors (Lipinski definition) is 1. The fourth-order valence-corrected chi connectivity index (χ4v) is 1.64. The molecule has 0 unspecified atom stereocenters. The van der Waals surface area contributed by atoms with Gasteiger partial charge in [-0.25, -0.2) is 13.2 Å². The second-order valence-corrected chi connectivity index (χ2v) is 4.08. The molecule has 2 rings (SSSR count). The minimum absolute atomic E-state index is 0. The minimum Gasteiger partial charge on any atom is -0.324 e. The van der Waals surface area contributed by atoms with E-state index in [1.165, 1.54) is 0 Å². The lowest BCUT2D eigenvalue weighted by atomic mass is 10.0. The number of hydrogen-bond acceptors (Lipinski definition) is 1. The van der Waals surface area contributed by atoms with Crippen molar-refractivity contribution >= 4 is 12.4 Å². The highest BCUT2D eigenvalue weighted by molar-refractivity contribution is 5.85. The van der Waals surface area contributed by atoms with Crippen molar-refractivity contribution in [2.75, 3.05) is 0 Å². The van der Waals surface area contributed by atoms with E-state index in [-0.39, 0.29) is 12.4 Å². The molecule has 0 bridgehead atoms. The van der Waals surface area contributed by atoms with Crippen molar-refractivity contribution < 1.29 is 13.2 Å². The van der Waals surface area contributed by atoms with Gasteiger partial charge in [-0.2, -0.15) is 0 Å². The summed E-state index contributed by atoms with van der Waals surface area (Å²) in [6, 6.07) is 1.55. The van der Waals surface area contributed by atoms with E-state index in [1.807, 2.05) is 0 Å². The molecule has 0 heterocycles. The maximum Gasteiger partial charge on any atom is 0.194 e. The van der Waals surface area contributed by atoms with Crippen molar-refractivity contribution in [2.24, 2.45) is 11.7 Å². The van der Waals surface area contributed by atoms with Gasteiger partial charge < -0.3 is 5.73 Å². The average Bonchev–Trinajstić information content (AvgIpc) is 2.97. The molecule has 0 amide bonds. The molecule has 1 aromatic carbocycles. The number of benzene rings is 1. The van der Waals surface area contributed by atoms with Crippen LogP contribution in [0.4, 0.5) is 13.2 Å².